The maximum Gasteiger partial charge on any atom is 0.163 e. The molecule has 6 heteroatoms. The standard InChI is InChI=1S/C17H21N5S/c1-10(2)14-8-13-16(20-9-11(3)18)21-15(22-17(13)23-14)12-4-6-19-7-5-12/h4-8,10-11H,9,18H2,1-3H3,(H,20,21,22)/t11-/m1/s1. The van der Waals surface area contributed by atoms with Gasteiger partial charge in [-0.3, -0.25) is 4.98 Å². The molecule has 0 aliphatic heterocycles. The van der Waals surface area contributed by atoms with Crippen molar-refractivity contribution in [2.75, 3.05) is 11.9 Å². The second kappa shape index (κ2) is 6.60. The summed E-state index contributed by atoms with van der Waals surface area (Å²) in [5, 5.41) is 4.43. The van der Waals surface area contributed by atoms with Crippen LogP contribution in [-0.2, 0) is 0 Å². The first-order chi connectivity index (χ1) is 11.0. The van der Waals surface area contributed by atoms with Crippen molar-refractivity contribution in [1.82, 2.24) is 15.0 Å². The Morgan fingerprint density at radius 3 is 2.57 bits per heavy atom. The van der Waals surface area contributed by atoms with Gasteiger partial charge >= 0.3 is 0 Å². The highest BCUT2D eigenvalue weighted by Gasteiger charge is 2.14. The van der Waals surface area contributed by atoms with E-state index in [2.05, 4.69) is 30.2 Å². The highest BCUT2D eigenvalue weighted by atomic mass is 32.1. The van der Waals surface area contributed by atoms with E-state index in [0.29, 0.717) is 18.3 Å². The van der Waals surface area contributed by atoms with E-state index < -0.39 is 0 Å². The maximum atomic E-state index is 5.88. The number of nitrogens with two attached hydrogens (primary N) is 1. The molecule has 3 aromatic rings. The molecule has 0 unspecified atom stereocenters. The van der Waals surface area contributed by atoms with Crippen molar-refractivity contribution in [3.8, 4) is 11.4 Å². The molecule has 0 bridgehead atoms. The van der Waals surface area contributed by atoms with Crippen LogP contribution in [0.2, 0.25) is 0 Å². The number of nitrogens with zero attached hydrogens (tertiary/aromatic N) is 3. The summed E-state index contributed by atoms with van der Waals surface area (Å²) in [6, 6.07) is 6.10. The summed E-state index contributed by atoms with van der Waals surface area (Å²) < 4.78 is 0. The summed E-state index contributed by atoms with van der Waals surface area (Å²) >= 11 is 1.72. The smallest absolute Gasteiger partial charge is 0.163 e. The lowest BCUT2D eigenvalue weighted by Crippen LogP contribution is -2.25. The lowest BCUT2D eigenvalue weighted by Gasteiger charge is -2.10. The Morgan fingerprint density at radius 1 is 1.17 bits per heavy atom. The zero-order valence-corrected chi connectivity index (χ0v) is 14.4. The zero-order valence-electron chi connectivity index (χ0n) is 13.6. The fraction of sp³-hybridized carbons (Fsp3) is 0.353. The molecule has 0 aromatic carbocycles. The Hall–Kier alpha value is -2.05. The van der Waals surface area contributed by atoms with Crippen LogP contribution >= 0.6 is 11.3 Å². The van der Waals surface area contributed by atoms with Crippen LogP contribution < -0.4 is 11.1 Å². The fourth-order valence-electron chi connectivity index (χ4n) is 2.25. The van der Waals surface area contributed by atoms with Crippen LogP contribution in [0.25, 0.3) is 21.6 Å². The summed E-state index contributed by atoms with van der Waals surface area (Å²) in [7, 11) is 0. The van der Waals surface area contributed by atoms with Gasteiger partial charge in [0.2, 0.25) is 0 Å². The van der Waals surface area contributed by atoms with Gasteiger partial charge in [-0.25, -0.2) is 9.97 Å². The second-order valence-corrected chi connectivity index (χ2v) is 7.07. The van der Waals surface area contributed by atoms with Gasteiger partial charge in [0.05, 0.1) is 5.39 Å². The number of aromatic nitrogens is 3. The van der Waals surface area contributed by atoms with Crippen LogP contribution in [0.3, 0.4) is 0 Å². The molecular weight excluding hydrogens is 306 g/mol. The Bertz CT molecular complexity index is 795. The Balaban J connectivity index is 2.12. The molecular formula is C17H21N5S. The largest absolute Gasteiger partial charge is 0.368 e. The minimum Gasteiger partial charge on any atom is -0.368 e. The molecule has 0 fully saturated rings. The average Bonchev–Trinajstić information content (AvgIpc) is 2.97. The van der Waals surface area contributed by atoms with Crippen LogP contribution in [0.4, 0.5) is 5.82 Å². The first-order valence-corrected chi connectivity index (χ1v) is 8.57. The van der Waals surface area contributed by atoms with Gasteiger partial charge in [0.15, 0.2) is 5.82 Å². The van der Waals surface area contributed by atoms with E-state index >= 15 is 0 Å². The molecule has 0 saturated carbocycles. The van der Waals surface area contributed by atoms with Crippen molar-refractivity contribution in [1.29, 1.82) is 0 Å². The third-order valence-corrected chi connectivity index (χ3v) is 4.84. The summed E-state index contributed by atoms with van der Waals surface area (Å²) in [4.78, 5) is 15.8. The Morgan fingerprint density at radius 2 is 1.91 bits per heavy atom. The molecule has 0 spiro atoms. The van der Waals surface area contributed by atoms with Crippen molar-refractivity contribution in [3.05, 3.63) is 35.5 Å². The van der Waals surface area contributed by atoms with Crippen LogP contribution in [0, 0.1) is 0 Å². The number of anilines is 1. The number of hydrogen-bond donors (Lipinski definition) is 2. The zero-order chi connectivity index (χ0) is 16.4. The van der Waals surface area contributed by atoms with E-state index in [1.54, 1.807) is 23.7 Å². The topological polar surface area (TPSA) is 76.7 Å². The predicted octanol–water partition coefficient (Wildman–Crippen LogP) is 3.64. The van der Waals surface area contributed by atoms with Gasteiger partial charge in [-0.05, 0) is 31.0 Å². The van der Waals surface area contributed by atoms with Gasteiger partial charge in [0.1, 0.15) is 10.6 Å². The minimum absolute atomic E-state index is 0.0626. The SMILES string of the molecule is CC(C)c1cc2c(NC[C@@H](C)N)nc(-c3ccncc3)nc2s1. The number of nitrogens with one attached hydrogen (secondary N) is 1. The third-order valence-electron chi connectivity index (χ3n) is 3.51. The molecule has 3 rings (SSSR count). The molecule has 3 N–H and O–H groups in total. The molecule has 23 heavy (non-hydrogen) atoms. The number of fused-ring (bicyclic) bond motifs is 1. The van der Waals surface area contributed by atoms with Crippen molar-refractivity contribution >= 4 is 27.4 Å². The minimum atomic E-state index is 0.0626. The van der Waals surface area contributed by atoms with Crippen molar-refractivity contribution in [2.24, 2.45) is 5.73 Å². The molecule has 5 nitrogen and oxygen atoms in total. The number of pyridine rings is 1. The molecule has 3 heterocycles. The quantitative estimate of drug-likeness (QED) is 0.748. The highest BCUT2D eigenvalue weighted by molar-refractivity contribution is 7.18. The molecule has 0 saturated heterocycles. The van der Waals surface area contributed by atoms with Crippen LogP contribution in [-0.4, -0.2) is 27.5 Å². The maximum absolute atomic E-state index is 5.88. The Labute approximate surface area is 140 Å². The Kier molecular flexibility index (Phi) is 4.54. The molecule has 0 amide bonds. The van der Waals surface area contributed by atoms with E-state index in [0.717, 1.165) is 21.6 Å². The van der Waals surface area contributed by atoms with E-state index in [4.69, 9.17) is 15.7 Å². The van der Waals surface area contributed by atoms with Gasteiger partial charge in [0.25, 0.3) is 0 Å². The predicted molar refractivity (Wildman–Crippen MR) is 96.9 cm³/mol. The number of rotatable bonds is 5. The van der Waals surface area contributed by atoms with Crippen molar-refractivity contribution in [2.45, 2.75) is 32.7 Å². The normalized spacial score (nSPS) is 12.7. The van der Waals surface area contributed by atoms with Gasteiger partial charge in [-0.15, -0.1) is 11.3 Å². The molecule has 0 radical (unpaired) electrons. The average molecular weight is 327 g/mol. The second-order valence-electron chi connectivity index (χ2n) is 6.01. The molecule has 1 atom stereocenters. The van der Waals surface area contributed by atoms with Gasteiger partial charge in [-0.2, -0.15) is 0 Å². The van der Waals surface area contributed by atoms with Gasteiger partial charge in [-0.1, -0.05) is 13.8 Å². The van der Waals surface area contributed by atoms with Gasteiger partial charge in [0, 0.05) is 35.4 Å². The first-order valence-electron chi connectivity index (χ1n) is 7.76. The van der Waals surface area contributed by atoms with E-state index in [1.807, 2.05) is 19.1 Å². The molecule has 0 aliphatic carbocycles. The first kappa shape index (κ1) is 15.8. The fourth-order valence-corrected chi connectivity index (χ4v) is 3.28. The van der Waals surface area contributed by atoms with E-state index in [-0.39, 0.29) is 6.04 Å². The summed E-state index contributed by atoms with van der Waals surface area (Å²) in [6.45, 7) is 7.03. The summed E-state index contributed by atoms with van der Waals surface area (Å²) in [5.74, 6) is 2.03. The summed E-state index contributed by atoms with van der Waals surface area (Å²) in [5.41, 5.74) is 6.84. The van der Waals surface area contributed by atoms with Crippen LogP contribution in [0.5, 0.6) is 0 Å². The number of hydrogen-bond acceptors (Lipinski definition) is 6. The van der Waals surface area contributed by atoms with Gasteiger partial charge < -0.3 is 11.1 Å². The lowest BCUT2D eigenvalue weighted by molar-refractivity contribution is 0.778. The number of thiophene rings is 1. The van der Waals surface area contributed by atoms with Crippen molar-refractivity contribution in [3.63, 3.8) is 0 Å². The monoisotopic (exact) mass is 327 g/mol. The summed E-state index contributed by atoms with van der Waals surface area (Å²) in [6.07, 6.45) is 3.51. The lowest BCUT2D eigenvalue weighted by atomic mass is 10.1. The van der Waals surface area contributed by atoms with E-state index in [1.165, 1.54) is 4.88 Å². The van der Waals surface area contributed by atoms with E-state index in [9.17, 15) is 0 Å². The molecule has 3 aromatic heterocycles. The molecule has 0 aliphatic rings. The molecule has 120 valence electrons. The van der Waals surface area contributed by atoms with Crippen molar-refractivity contribution < 1.29 is 0 Å². The van der Waals surface area contributed by atoms with Crippen LogP contribution in [0.15, 0.2) is 30.6 Å². The van der Waals surface area contributed by atoms with Crippen LogP contribution in [0.1, 0.15) is 31.6 Å². The third kappa shape index (κ3) is 3.48. The highest BCUT2D eigenvalue weighted by Crippen LogP contribution is 2.34.